The summed E-state index contributed by atoms with van der Waals surface area (Å²) in [4.78, 5) is 4.60. The molecule has 0 aliphatic heterocycles. The molecule has 0 amide bonds. The molecule has 1 aromatic heterocycles. The molecule has 0 unspecified atom stereocenters. The quantitative estimate of drug-likeness (QED) is 0.649. The Hall–Kier alpha value is -1.83. The third-order valence-electron chi connectivity index (χ3n) is 3.20. The molecule has 0 aliphatic carbocycles. The van der Waals surface area contributed by atoms with E-state index in [9.17, 15) is 0 Å². The Morgan fingerprint density at radius 2 is 2.10 bits per heavy atom. The number of benzene rings is 2. The van der Waals surface area contributed by atoms with E-state index in [4.69, 9.17) is 16.9 Å². The standard InChI is InChI=1S/C15H9BrClN3/c1-20-13-6-5-9(8-18)7-12(13)19-15(20)10-3-2-4-11(16)14(10)17/h2-7H,1H3. The number of aryl methyl sites for hydroxylation is 1. The van der Waals surface area contributed by atoms with Crippen LogP contribution in [0.2, 0.25) is 5.02 Å². The minimum absolute atomic E-state index is 0.600. The van der Waals surface area contributed by atoms with Crippen molar-refractivity contribution in [3.8, 4) is 17.5 Å². The summed E-state index contributed by atoms with van der Waals surface area (Å²) in [7, 11) is 1.94. The van der Waals surface area contributed by atoms with Gasteiger partial charge in [0, 0.05) is 17.1 Å². The lowest BCUT2D eigenvalue weighted by molar-refractivity contribution is 0.959. The fourth-order valence-corrected chi connectivity index (χ4v) is 2.76. The number of hydrogen-bond acceptors (Lipinski definition) is 2. The van der Waals surface area contributed by atoms with Gasteiger partial charge in [-0.25, -0.2) is 4.98 Å². The lowest BCUT2D eigenvalue weighted by Gasteiger charge is -2.06. The molecule has 0 saturated heterocycles. The number of halogens is 2. The average Bonchev–Trinajstić information content (AvgIpc) is 2.78. The molecule has 0 atom stereocenters. The maximum Gasteiger partial charge on any atom is 0.142 e. The van der Waals surface area contributed by atoms with Crippen LogP contribution in [0.3, 0.4) is 0 Å². The van der Waals surface area contributed by atoms with Crippen LogP contribution in [0, 0.1) is 11.3 Å². The second-order valence-corrected chi connectivity index (χ2v) is 5.64. The molecule has 0 saturated carbocycles. The molecule has 1 heterocycles. The minimum atomic E-state index is 0.600. The van der Waals surface area contributed by atoms with Crippen LogP contribution in [-0.4, -0.2) is 9.55 Å². The summed E-state index contributed by atoms with van der Waals surface area (Å²) in [6.07, 6.45) is 0. The highest BCUT2D eigenvalue weighted by atomic mass is 79.9. The minimum Gasteiger partial charge on any atom is -0.327 e. The summed E-state index contributed by atoms with van der Waals surface area (Å²) in [5.41, 5.74) is 3.22. The van der Waals surface area contributed by atoms with Crippen LogP contribution in [0.15, 0.2) is 40.9 Å². The van der Waals surface area contributed by atoms with Gasteiger partial charge in [-0.2, -0.15) is 5.26 Å². The smallest absolute Gasteiger partial charge is 0.142 e. The van der Waals surface area contributed by atoms with E-state index in [2.05, 4.69) is 27.0 Å². The highest BCUT2D eigenvalue weighted by molar-refractivity contribution is 9.10. The zero-order valence-electron chi connectivity index (χ0n) is 10.6. The zero-order chi connectivity index (χ0) is 14.3. The van der Waals surface area contributed by atoms with E-state index in [-0.39, 0.29) is 0 Å². The number of aromatic nitrogens is 2. The normalized spacial score (nSPS) is 10.7. The van der Waals surface area contributed by atoms with E-state index in [1.54, 1.807) is 12.1 Å². The van der Waals surface area contributed by atoms with Crippen LogP contribution in [0.1, 0.15) is 5.56 Å². The summed E-state index contributed by atoms with van der Waals surface area (Å²) >= 11 is 9.76. The first-order valence-electron chi connectivity index (χ1n) is 5.93. The van der Waals surface area contributed by atoms with E-state index in [0.717, 1.165) is 26.9 Å². The molecule has 20 heavy (non-hydrogen) atoms. The van der Waals surface area contributed by atoms with E-state index in [0.29, 0.717) is 10.6 Å². The van der Waals surface area contributed by atoms with Gasteiger partial charge in [0.1, 0.15) is 5.82 Å². The maximum atomic E-state index is 8.96. The molecule has 0 radical (unpaired) electrons. The van der Waals surface area contributed by atoms with Gasteiger partial charge >= 0.3 is 0 Å². The summed E-state index contributed by atoms with van der Waals surface area (Å²) in [5.74, 6) is 0.779. The Bertz CT molecular complexity index is 861. The molecule has 0 spiro atoms. The fourth-order valence-electron chi connectivity index (χ4n) is 2.19. The van der Waals surface area contributed by atoms with Crippen molar-refractivity contribution in [2.75, 3.05) is 0 Å². The zero-order valence-corrected chi connectivity index (χ0v) is 12.9. The average molecular weight is 347 g/mol. The highest BCUT2D eigenvalue weighted by Gasteiger charge is 2.14. The molecule has 2 aromatic carbocycles. The predicted octanol–water partition coefficient (Wildman–Crippen LogP) is 4.53. The molecule has 3 rings (SSSR count). The molecule has 0 bridgehead atoms. The molecule has 0 fully saturated rings. The van der Waals surface area contributed by atoms with E-state index in [1.165, 1.54) is 0 Å². The molecular weight excluding hydrogens is 338 g/mol. The van der Waals surface area contributed by atoms with Gasteiger partial charge in [0.05, 0.1) is 27.7 Å². The van der Waals surface area contributed by atoms with Crippen LogP contribution in [0.5, 0.6) is 0 Å². The van der Waals surface area contributed by atoms with Gasteiger partial charge in [-0.3, -0.25) is 0 Å². The Labute approximate surface area is 129 Å². The lowest BCUT2D eigenvalue weighted by Crippen LogP contribution is -1.93. The second kappa shape index (κ2) is 4.93. The molecule has 3 nitrogen and oxygen atoms in total. The Morgan fingerprint density at radius 3 is 2.85 bits per heavy atom. The first-order valence-corrected chi connectivity index (χ1v) is 7.10. The van der Waals surface area contributed by atoms with Crippen LogP contribution in [0.4, 0.5) is 0 Å². The monoisotopic (exact) mass is 345 g/mol. The number of rotatable bonds is 1. The van der Waals surface area contributed by atoms with Crippen molar-refractivity contribution in [1.29, 1.82) is 5.26 Å². The third kappa shape index (κ3) is 2.00. The van der Waals surface area contributed by atoms with E-state index >= 15 is 0 Å². The van der Waals surface area contributed by atoms with Crippen LogP contribution in [-0.2, 0) is 7.05 Å². The molecule has 98 valence electrons. The van der Waals surface area contributed by atoms with Crippen molar-refractivity contribution in [2.24, 2.45) is 7.05 Å². The van der Waals surface area contributed by atoms with Gasteiger partial charge in [0.2, 0.25) is 0 Å². The van der Waals surface area contributed by atoms with E-state index in [1.807, 2.05) is 35.9 Å². The topological polar surface area (TPSA) is 41.6 Å². The van der Waals surface area contributed by atoms with Gasteiger partial charge in [0.15, 0.2) is 0 Å². The molecule has 5 heteroatoms. The molecule has 3 aromatic rings. The van der Waals surface area contributed by atoms with Crippen molar-refractivity contribution in [3.63, 3.8) is 0 Å². The summed E-state index contributed by atoms with van der Waals surface area (Å²) < 4.78 is 2.81. The predicted molar refractivity (Wildman–Crippen MR) is 83.6 cm³/mol. The lowest BCUT2D eigenvalue weighted by atomic mass is 10.2. The number of fused-ring (bicyclic) bond motifs is 1. The summed E-state index contributed by atoms with van der Waals surface area (Å²) in [5, 5.41) is 9.59. The highest BCUT2D eigenvalue weighted by Crippen LogP contribution is 2.34. The first kappa shape index (κ1) is 13.2. The van der Waals surface area contributed by atoms with Crippen molar-refractivity contribution >= 4 is 38.6 Å². The molecule has 0 N–H and O–H groups in total. The number of hydrogen-bond donors (Lipinski definition) is 0. The number of nitriles is 1. The van der Waals surface area contributed by atoms with Gasteiger partial charge < -0.3 is 4.57 Å². The Kier molecular flexibility index (Phi) is 3.25. The van der Waals surface area contributed by atoms with Gasteiger partial charge in [-0.05, 0) is 46.3 Å². The summed E-state index contributed by atoms with van der Waals surface area (Å²) in [6, 6.07) is 13.3. The van der Waals surface area contributed by atoms with Crippen molar-refractivity contribution in [1.82, 2.24) is 9.55 Å². The first-order chi connectivity index (χ1) is 9.61. The maximum absolute atomic E-state index is 8.96. The van der Waals surface area contributed by atoms with Crippen LogP contribution < -0.4 is 0 Å². The van der Waals surface area contributed by atoms with Crippen LogP contribution >= 0.6 is 27.5 Å². The Balaban J connectivity index is 2.30. The second-order valence-electron chi connectivity index (χ2n) is 4.41. The van der Waals surface area contributed by atoms with Crippen LogP contribution in [0.25, 0.3) is 22.4 Å². The molecular formula is C15H9BrClN3. The fraction of sp³-hybridized carbons (Fsp3) is 0.0667. The van der Waals surface area contributed by atoms with Gasteiger partial charge in [0.25, 0.3) is 0 Å². The SMILES string of the molecule is Cn1c(-c2cccc(Br)c2Cl)nc2cc(C#N)ccc21. The Morgan fingerprint density at radius 1 is 1.30 bits per heavy atom. The molecule has 0 aliphatic rings. The number of nitrogens with zero attached hydrogens (tertiary/aromatic N) is 3. The largest absolute Gasteiger partial charge is 0.327 e. The van der Waals surface area contributed by atoms with Gasteiger partial charge in [-0.1, -0.05) is 17.7 Å². The summed E-state index contributed by atoms with van der Waals surface area (Å²) in [6.45, 7) is 0. The number of imidazole rings is 1. The van der Waals surface area contributed by atoms with E-state index < -0.39 is 0 Å². The van der Waals surface area contributed by atoms with Crippen molar-refractivity contribution in [3.05, 3.63) is 51.5 Å². The van der Waals surface area contributed by atoms with Gasteiger partial charge in [-0.15, -0.1) is 0 Å². The van der Waals surface area contributed by atoms with Crippen molar-refractivity contribution in [2.45, 2.75) is 0 Å². The van der Waals surface area contributed by atoms with Crippen molar-refractivity contribution < 1.29 is 0 Å². The third-order valence-corrected chi connectivity index (χ3v) is 4.50.